The molecule has 3 rings (SSSR count). The molecule has 0 radical (unpaired) electrons. The average Bonchev–Trinajstić information content (AvgIpc) is 2.58. The first-order chi connectivity index (χ1) is 11.5. The van der Waals surface area contributed by atoms with Crippen LogP contribution in [0.1, 0.15) is 27.6 Å². The molecule has 0 saturated heterocycles. The number of nitrogens with zero attached hydrogens (tertiary/aromatic N) is 1. The standard InChI is InChI=1S/C19H17FN2O2/c1-12-4-2-5-13(8-12)17(23)11-22-19(24)16-10-15(20)9-14-6-3-7-21-18(14)16/h2-10,17,23H,11H2,1H3,(H,22,24). The van der Waals surface area contributed by atoms with E-state index in [0.717, 1.165) is 17.2 Å². The number of aliphatic hydroxyl groups is 1. The molecular weight excluding hydrogens is 307 g/mol. The molecule has 4 nitrogen and oxygen atoms in total. The topological polar surface area (TPSA) is 62.2 Å². The summed E-state index contributed by atoms with van der Waals surface area (Å²) in [5.41, 5.74) is 2.33. The number of carbonyl (C=O) groups is 1. The molecule has 0 aliphatic rings. The highest BCUT2D eigenvalue weighted by Crippen LogP contribution is 2.19. The van der Waals surface area contributed by atoms with Crippen LogP contribution in [-0.4, -0.2) is 22.5 Å². The van der Waals surface area contributed by atoms with Gasteiger partial charge in [-0.3, -0.25) is 9.78 Å². The van der Waals surface area contributed by atoms with Crippen LogP contribution in [0.5, 0.6) is 0 Å². The van der Waals surface area contributed by atoms with Crippen molar-refractivity contribution in [1.29, 1.82) is 0 Å². The molecule has 0 aliphatic carbocycles. The van der Waals surface area contributed by atoms with Crippen molar-refractivity contribution < 1.29 is 14.3 Å². The van der Waals surface area contributed by atoms with E-state index in [4.69, 9.17) is 0 Å². The second-order valence-corrected chi connectivity index (χ2v) is 5.67. The maximum Gasteiger partial charge on any atom is 0.253 e. The normalized spacial score (nSPS) is 12.1. The summed E-state index contributed by atoms with van der Waals surface area (Å²) in [6.07, 6.45) is 0.722. The Kier molecular flexibility index (Phi) is 4.53. The SMILES string of the molecule is Cc1cccc(C(O)CNC(=O)c2cc(F)cc3cccnc23)c1. The van der Waals surface area contributed by atoms with E-state index in [0.29, 0.717) is 10.9 Å². The molecular formula is C19H17FN2O2. The summed E-state index contributed by atoms with van der Waals surface area (Å²) in [6, 6.07) is 13.3. The summed E-state index contributed by atoms with van der Waals surface area (Å²) in [7, 11) is 0. The van der Waals surface area contributed by atoms with Gasteiger partial charge < -0.3 is 10.4 Å². The van der Waals surface area contributed by atoms with E-state index >= 15 is 0 Å². The summed E-state index contributed by atoms with van der Waals surface area (Å²) < 4.78 is 13.7. The molecule has 0 bridgehead atoms. The van der Waals surface area contributed by atoms with Crippen molar-refractivity contribution in [2.75, 3.05) is 6.54 Å². The number of hydrogen-bond acceptors (Lipinski definition) is 3. The number of aryl methyl sites for hydroxylation is 1. The lowest BCUT2D eigenvalue weighted by Gasteiger charge is -2.13. The first-order valence-corrected chi connectivity index (χ1v) is 7.61. The number of aliphatic hydroxyl groups excluding tert-OH is 1. The number of pyridine rings is 1. The molecule has 5 heteroatoms. The van der Waals surface area contributed by atoms with Crippen molar-refractivity contribution in [3.05, 3.63) is 77.2 Å². The van der Waals surface area contributed by atoms with Crippen molar-refractivity contribution >= 4 is 16.8 Å². The van der Waals surface area contributed by atoms with Gasteiger partial charge in [-0.2, -0.15) is 0 Å². The summed E-state index contributed by atoms with van der Waals surface area (Å²) in [5.74, 6) is -0.968. The molecule has 0 spiro atoms. The Morgan fingerprint density at radius 1 is 1.25 bits per heavy atom. The zero-order valence-electron chi connectivity index (χ0n) is 13.2. The van der Waals surface area contributed by atoms with Crippen LogP contribution >= 0.6 is 0 Å². The maximum atomic E-state index is 13.7. The van der Waals surface area contributed by atoms with Crippen molar-refractivity contribution in [2.45, 2.75) is 13.0 Å². The Morgan fingerprint density at radius 3 is 2.88 bits per heavy atom. The Bertz CT molecular complexity index is 895. The fraction of sp³-hybridized carbons (Fsp3) is 0.158. The molecule has 24 heavy (non-hydrogen) atoms. The van der Waals surface area contributed by atoms with Crippen LogP contribution in [-0.2, 0) is 0 Å². The van der Waals surface area contributed by atoms with E-state index in [1.54, 1.807) is 24.4 Å². The number of aromatic nitrogens is 1. The van der Waals surface area contributed by atoms with Crippen molar-refractivity contribution in [1.82, 2.24) is 10.3 Å². The van der Waals surface area contributed by atoms with E-state index in [-0.39, 0.29) is 12.1 Å². The smallest absolute Gasteiger partial charge is 0.253 e. The predicted molar refractivity (Wildman–Crippen MR) is 90.2 cm³/mol. The van der Waals surface area contributed by atoms with Gasteiger partial charge in [0, 0.05) is 18.1 Å². The van der Waals surface area contributed by atoms with E-state index < -0.39 is 17.8 Å². The van der Waals surface area contributed by atoms with Crippen molar-refractivity contribution in [3.63, 3.8) is 0 Å². The van der Waals surface area contributed by atoms with Crippen LogP contribution in [0.25, 0.3) is 10.9 Å². The third kappa shape index (κ3) is 3.41. The molecule has 1 aromatic heterocycles. The second kappa shape index (κ2) is 6.76. The quantitative estimate of drug-likeness (QED) is 0.775. The van der Waals surface area contributed by atoms with Gasteiger partial charge in [-0.05, 0) is 30.7 Å². The minimum Gasteiger partial charge on any atom is -0.387 e. The lowest BCUT2D eigenvalue weighted by atomic mass is 10.1. The van der Waals surface area contributed by atoms with Gasteiger partial charge in [-0.25, -0.2) is 4.39 Å². The van der Waals surface area contributed by atoms with Gasteiger partial charge in [-0.15, -0.1) is 0 Å². The average molecular weight is 324 g/mol. The highest BCUT2D eigenvalue weighted by Gasteiger charge is 2.15. The number of carbonyl (C=O) groups excluding carboxylic acids is 1. The van der Waals surface area contributed by atoms with Crippen molar-refractivity contribution in [3.8, 4) is 0 Å². The molecule has 2 N–H and O–H groups in total. The summed E-state index contributed by atoms with van der Waals surface area (Å²) in [5, 5.41) is 13.4. The summed E-state index contributed by atoms with van der Waals surface area (Å²) >= 11 is 0. The maximum absolute atomic E-state index is 13.7. The molecule has 1 amide bonds. The van der Waals surface area contributed by atoms with Gasteiger partial charge in [0.1, 0.15) is 5.82 Å². The molecule has 1 unspecified atom stereocenters. The van der Waals surface area contributed by atoms with Crippen molar-refractivity contribution in [2.24, 2.45) is 0 Å². The van der Waals surface area contributed by atoms with E-state index in [1.165, 1.54) is 6.07 Å². The molecule has 0 aliphatic heterocycles. The lowest BCUT2D eigenvalue weighted by Crippen LogP contribution is -2.28. The zero-order valence-corrected chi connectivity index (χ0v) is 13.2. The van der Waals surface area contributed by atoms with Gasteiger partial charge in [0.15, 0.2) is 0 Å². The third-order valence-electron chi connectivity index (χ3n) is 3.80. The van der Waals surface area contributed by atoms with Gasteiger partial charge >= 0.3 is 0 Å². The predicted octanol–water partition coefficient (Wildman–Crippen LogP) is 3.15. The first-order valence-electron chi connectivity index (χ1n) is 7.61. The highest BCUT2D eigenvalue weighted by atomic mass is 19.1. The molecule has 1 atom stereocenters. The number of nitrogens with one attached hydrogen (secondary N) is 1. The fourth-order valence-corrected chi connectivity index (χ4v) is 2.61. The largest absolute Gasteiger partial charge is 0.387 e. The number of benzene rings is 2. The van der Waals surface area contributed by atoms with Gasteiger partial charge in [0.05, 0.1) is 17.2 Å². The van der Waals surface area contributed by atoms with Gasteiger partial charge in [-0.1, -0.05) is 35.9 Å². The molecule has 0 saturated carbocycles. The zero-order chi connectivity index (χ0) is 17.1. The Hall–Kier alpha value is -2.79. The van der Waals surface area contributed by atoms with E-state index in [9.17, 15) is 14.3 Å². The highest BCUT2D eigenvalue weighted by molar-refractivity contribution is 6.05. The molecule has 3 aromatic rings. The Labute approximate surface area is 139 Å². The van der Waals surface area contributed by atoms with Crippen LogP contribution in [0.3, 0.4) is 0 Å². The Morgan fingerprint density at radius 2 is 2.08 bits per heavy atom. The fourth-order valence-electron chi connectivity index (χ4n) is 2.61. The van der Waals surface area contributed by atoms with Crippen LogP contribution in [0, 0.1) is 12.7 Å². The minimum absolute atomic E-state index is 0.0348. The van der Waals surface area contributed by atoms with Crippen LogP contribution in [0.2, 0.25) is 0 Å². The van der Waals surface area contributed by atoms with Crippen LogP contribution in [0.15, 0.2) is 54.7 Å². The Balaban J connectivity index is 1.78. The third-order valence-corrected chi connectivity index (χ3v) is 3.80. The number of halogens is 1. The van der Waals surface area contributed by atoms with Crippen LogP contribution < -0.4 is 5.32 Å². The number of hydrogen-bond donors (Lipinski definition) is 2. The van der Waals surface area contributed by atoms with E-state index in [1.807, 2.05) is 25.1 Å². The number of amides is 1. The van der Waals surface area contributed by atoms with Crippen LogP contribution in [0.4, 0.5) is 4.39 Å². The molecule has 0 fully saturated rings. The first kappa shape index (κ1) is 16.1. The summed E-state index contributed by atoms with van der Waals surface area (Å²) in [6.45, 7) is 1.96. The lowest BCUT2D eigenvalue weighted by molar-refractivity contribution is 0.0917. The second-order valence-electron chi connectivity index (χ2n) is 5.67. The monoisotopic (exact) mass is 324 g/mol. The number of fused-ring (bicyclic) bond motifs is 1. The van der Waals surface area contributed by atoms with E-state index in [2.05, 4.69) is 10.3 Å². The number of rotatable bonds is 4. The molecule has 2 aromatic carbocycles. The minimum atomic E-state index is -0.832. The molecule has 122 valence electrons. The van der Waals surface area contributed by atoms with Gasteiger partial charge in [0.25, 0.3) is 5.91 Å². The summed E-state index contributed by atoms with van der Waals surface area (Å²) in [4.78, 5) is 16.5. The molecule has 1 heterocycles. The van der Waals surface area contributed by atoms with Gasteiger partial charge in [0.2, 0.25) is 0 Å².